The molecular formula is C19H24N6O4S. The number of carbonyl (C=O) groups excluding carboxylic acids is 1. The summed E-state index contributed by atoms with van der Waals surface area (Å²) >= 11 is 1.31. The first-order valence-corrected chi connectivity index (χ1v) is 10.1. The summed E-state index contributed by atoms with van der Waals surface area (Å²) in [6.45, 7) is 2.63. The number of thioether (sulfide) groups is 1. The first kappa shape index (κ1) is 21.5. The van der Waals surface area contributed by atoms with Gasteiger partial charge in [0.05, 0.1) is 27.1 Å². The summed E-state index contributed by atoms with van der Waals surface area (Å²) in [7, 11) is 6.48. The highest BCUT2D eigenvalue weighted by molar-refractivity contribution is 7.99. The Labute approximate surface area is 178 Å². The number of hydrogen-bond acceptors (Lipinski definition) is 8. The molecule has 0 aliphatic rings. The van der Waals surface area contributed by atoms with E-state index in [4.69, 9.17) is 14.2 Å². The van der Waals surface area contributed by atoms with Crippen LogP contribution in [-0.4, -0.2) is 57.5 Å². The number of carbonyl (C=O) groups is 1. The highest BCUT2D eigenvalue weighted by Crippen LogP contribution is 2.31. The molecule has 1 N–H and O–H groups in total. The largest absolute Gasteiger partial charge is 0.493 e. The Morgan fingerprint density at radius 2 is 1.90 bits per heavy atom. The zero-order chi connectivity index (χ0) is 21.7. The van der Waals surface area contributed by atoms with Crippen molar-refractivity contribution in [2.75, 3.05) is 32.4 Å². The minimum atomic E-state index is -0.168. The summed E-state index contributed by atoms with van der Waals surface area (Å²) in [6, 6.07) is 5.21. The van der Waals surface area contributed by atoms with Gasteiger partial charge in [0.2, 0.25) is 11.8 Å². The summed E-state index contributed by atoms with van der Waals surface area (Å²) in [5, 5.41) is 16.3. The number of rotatable bonds is 9. The lowest BCUT2D eigenvalue weighted by molar-refractivity contribution is -0.113. The molecule has 0 fully saturated rings. The van der Waals surface area contributed by atoms with E-state index in [2.05, 4.69) is 20.6 Å². The summed E-state index contributed by atoms with van der Waals surface area (Å²) in [5.74, 6) is 2.27. The predicted octanol–water partition coefficient (Wildman–Crippen LogP) is 2.46. The fourth-order valence-electron chi connectivity index (χ4n) is 2.89. The Balaban J connectivity index is 1.70. The van der Waals surface area contributed by atoms with E-state index in [0.717, 1.165) is 5.56 Å². The number of benzene rings is 1. The number of anilines is 1. The van der Waals surface area contributed by atoms with E-state index >= 15 is 0 Å². The Bertz CT molecular complexity index is 1030. The van der Waals surface area contributed by atoms with Gasteiger partial charge in [0.25, 0.3) is 0 Å². The van der Waals surface area contributed by atoms with E-state index < -0.39 is 0 Å². The Morgan fingerprint density at radius 1 is 1.13 bits per heavy atom. The van der Waals surface area contributed by atoms with Crippen LogP contribution in [0.25, 0.3) is 11.4 Å². The molecule has 0 aliphatic carbocycles. The van der Waals surface area contributed by atoms with Crippen LogP contribution in [0.15, 0.2) is 29.6 Å². The highest BCUT2D eigenvalue weighted by Gasteiger charge is 2.20. The molecule has 30 heavy (non-hydrogen) atoms. The molecular weight excluding hydrogens is 408 g/mol. The summed E-state index contributed by atoms with van der Waals surface area (Å²) in [6.07, 6.45) is 1.83. The van der Waals surface area contributed by atoms with Crippen LogP contribution in [0.5, 0.6) is 17.4 Å². The first-order chi connectivity index (χ1) is 14.5. The second kappa shape index (κ2) is 9.53. The van der Waals surface area contributed by atoms with Crippen LogP contribution in [-0.2, 0) is 18.4 Å². The molecule has 0 spiro atoms. The van der Waals surface area contributed by atoms with Crippen LogP contribution in [0, 0.1) is 0 Å². The van der Waals surface area contributed by atoms with Gasteiger partial charge in [0.1, 0.15) is 5.56 Å². The van der Waals surface area contributed by atoms with Crippen molar-refractivity contribution in [3.63, 3.8) is 0 Å². The average molecular weight is 433 g/mol. The van der Waals surface area contributed by atoms with Gasteiger partial charge in [-0.2, -0.15) is 0 Å². The van der Waals surface area contributed by atoms with E-state index in [9.17, 15) is 4.79 Å². The lowest BCUT2D eigenvalue weighted by atomic mass is 10.2. The minimum Gasteiger partial charge on any atom is -0.493 e. The summed E-state index contributed by atoms with van der Waals surface area (Å²) in [5.41, 5.74) is 1.37. The average Bonchev–Trinajstić information content (AvgIpc) is 3.34. The third-order valence-electron chi connectivity index (χ3n) is 4.26. The van der Waals surface area contributed by atoms with Gasteiger partial charge < -0.3 is 24.1 Å². The lowest BCUT2D eigenvalue weighted by Crippen LogP contribution is -2.14. The highest BCUT2D eigenvalue weighted by atomic mass is 32.2. The number of amides is 1. The lowest BCUT2D eigenvalue weighted by Gasteiger charge is -2.10. The Morgan fingerprint density at radius 3 is 2.57 bits per heavy atom. The maximum atomic E-state index is 12.4. The van der Waals surface area contributed by atoms with Crippen molar-refractivity contribution in [3.05, 3.63) is 24.4 Å². The molecule has 1 aromatic carbocycles. The van der Waals surface area contributed by atoms with Crippen molar-refractivity contribution in [3.8, 4) is 28.8 Å². The van der Waals surface area contributed by atoms with Gasteiger partial charge in [-0.1, -0.05) is 11.8 Å². The van der Waals surface area contributed by atoms with Crippen LogP contribution in [0.2, 0.25) is 0 Å². The van der Waals surface area contributed by atoms with Gasteiger partial charge in [-0.3, -0.25) is 9.48 Å². The quantitative estimate of drug-likeness (QED) is 0.514. The monoisotopic (exact) mass is 432 g/mol. The maximum absolute atomic E-state index is 12.4. The number of nitrogens with zero attached hydrogens (tertiary/aromatic N) is 5. The number of ether oxygens (including phenoxy) is 3. The molecule has 0 aliphatic heterocycles. The normalized spacial score (nSPS) is 10.7. The van der Waals surface area contributed by atoms with Crippen LogP contribution < -0.4 is 19.5 Å². The van der Waals surface area contributed by atoms with Crippen LogP contribution in [0.3, 0.4) is 0 Å². The molecule has 3 aromatic rings. The maximum Gasteiger partial charge on any atom is 0.243 e. The van der Waals surface area contributed by atoms with E-state index in [-0.39, 0.29) is 11.7 Å². The van der Waals surface area contributed by atoms with Gasteiger partial charge >= 0.3 is 0 Å². The van der Waals surface area contributed by atoms with E-state index in [0.29, 0.717) is 40.6 Å². The van der Waals surface area contributed by atoms with E-state index in [1.165, 1.54) is 11.8 Å². The number of aryl methyl sites for hydroxylation is 1. The third kappa shape index (κ3) is 4.51. The zero-order valence-electron chi connectivity index (χ0n) is 17.5. The van der Waals surface area contributed by atoms with Crippen LogP contribution in [0.4, 0.5) is 5.69 Å². The van der Waals surface area contributed by atoms with Gasteiger partial charge in [-0.05, 0) is 19.1 Å². The van der Waals surface area contributed by atoms with Gasteiger partial charge in [0.15, 0.2) is 22.5 Å². The van der Waals surface area contributed by atoms with Gasteiger partial charge in [-0.15, -0.1) is 15.3 Å². The third-order valence-corrected chi connectivity index (χ3v) is 5.23. The topological polar surface area (TPSA) is 105 Å². The molecule has 0 radical (unpaired) electrons. The van der Waals surface area contributed by atoms with Crippen molar-refractivity contribution in [1.82, 2.24) is 24.5 Å². The number of hydrogen-bond donors (Lipinski definition) is 1. The molecule has 1 amide bonds. The Kier molecular flexibility index (Phi) is 6.83. The first-order valence-electron chi connectivity index (χ1n) is 9.16. The van der Waals surface area contributed by atoms with Crippen molar-refractivity contribution in [1.29, 1.82) is 0 Å². The molecule has 160 valence electrons. The van der Waals surface area contributed by atoms with Crippen molar-refractivity contribution < 1.29 is 19.0 Å². The molecule has 10 nitrogen and oxygen atoms in total. The minimum absolute atomic E-state index is 0.168. The zero-order valence-corrected chi connectivity index (χ0v) is 18.3. The van der Waals surface area contributed by atoms with Crippen molar-refractivity contribution in [2.45, 2.75) is 18.6 Å². The van der Waals surface area contributed by atoms with Crippen LogP contribution >= 0.6 is 11.8 Å². The molecule has 2 heterocycles. The molecule has 2 aromatic heterocycles. The number of methoxy groups -OCH3 is 3. The molecule has 3 rings (SSSR count). The fourth-order valence-corrected chi connectivity index (χ4v) is 3.70. The SMILES string of the molecule is CCn1c(SCC(=O)Nc2ccc(OC)c(OC)c2)nnc1-c1cn(C)nc1OC. The fraction of sp³-hybridized carbons (Fsp3) is 0.368. The smallest absolute Gasteiger partial charge is 0.243 e. The number of aromatic nitrogens is 5. The van der Waals surface area contributed by atoms with Crippen molar-refractivity contribution in [2.24, 2.45) is 7.05 Å². The molecule has 0 bridgehead atoms. The van der Waals surface area contributed by atoms with Gasteiger partial charge in [0, 0.05) is 31.5 Å². The second-order valence-corrected chi connectivity index (χ2v) is 7.13. The molecule has 11 heteroatoms. The van der Waals surface area contributed by atoms with Gasteiger partial charge in [-0.25, -0.2) is 0 Å². The number of nitrogens with one attached hydrogen (secondary N) is 1. The molecule has 0 saturated carbocycles. The Hall–Kier alpha value is -3.21. The summed E-state index contributed by atoms with van der Waals surface area (Å²) in [4.78, 5) is 12.4. The second-order valence-electron chi connectivity index (χ2n) is 6.18. The van der Waals surface area contributed by atoms with Crippen molar-refractivity contribution >= 4 is 23.4 Å². The predicted molar refractivity (Wildman–Crippen MR) is 113 cm³/mol. The van der Waals surface area contributed by atoms with E-state index in [1.54, 1.807) is 44.2 Å². The molecule has 0 unspecified atom stereocenters. The van der Waals surface area contributed by atoms with Crippen LogP contribution in [0.1, 0.15) is 6.92 Å². The standard InChI is InChI=1S/C19H24N6O4S/c1-6-25-17(13-10-24(2)23-18(13)29-5)21-22-19(25)30-11-16(26)20-12-7-8-14(27-3)15(9-12)28-4/h7-10H,6,11H2,1-5H3,(H,20,26). The molecule has 0 atom stereocenters. The molecule has 0 saturated heterocycles. The summed E-state index contributed by atoms with van der Waals surface area (Å²) < 4.78 is 19.4. The van der Waals surface area contributed by atoms with E-state index in [1.807, 2.05) is 24.7 Å².